The Bertz CT molecular complexity index is 989. The average molecular weight is 804 g/mol. The van der Waals surface area contributed by atoms with Gasteiger partial charge >= 0.3 is 30.2 Å². The maximum Gasteiger partial charge on any atom is 0.462 e. The molecule has 0 radical (unpaired) electrons. The number of hydrogen-bond acceptors (Lipinski definition) is 2. The molecule has 47 heavy (non-hydrogen) atoms. The number of hydrogen-bond donors (Lipinski definition) is 0. The SMILES string of the molecule is CCN(CCC[Si](C)(C)C[Si](C)(CC[Si](C)(C[SiH](C)C)C[SiH](C)C)C[SiH](C)C)C(=O)C(F)(OC(F)(F)C(F)(F)C(F)(F)F)C(F)(F)F. The van der Waals surface area contributed by atoms with Crippen molar-refractivity contribution < 1.29 is 57.8 Å². The first-order valence-corrected chi connectivity index (χ1v) is 35.3. The van der Waals surface area contributed by atoms with Gasteiger partial charge in [-0.05, 0) is 13.3 Å². The summed E-state index contributed by atoms with van der Waals surface area (Å²) < 4.78 is 150. The van der Waals surface area contributed by atoms with E-state index in [0.29, 0.717) is 6.04 Å². The third-order valence-electron chi connectivity index (χ3n) is 8.52. The molecule has 0 bridgehead atoms. The predicted molar refractivity (Wildman–Crippen MR) is 185 cm³/mol. The Morgan fingerprint density at radius 3 is 1.43 bits per heavy atom. The standard InChI is InChI=1S/C27H56F11NO2Si6/c1-12-39(22(40)23(28,25(31,32)33)41-27(37,38)24(29,30)26(34,35)36)14-13-15-45(8,9)21-47(11,20-44(6)7)17-16-46(10,18-42(2)3)19-43(4)5/h42-44H,12-21H2,1-11H3. The Labute approximate surface area is 281 Å². The molecule has 0 aliphatic heterocycles. The Morgan fingerprint density at radius 2 is 1.06 bits per heavy atom. The third-order valence-corrected chi connectivity index (χ3v) is 42.5. The molecule has 282 valence electrons. The molecule has 0 aromatic carbocycles. The van der Waals surface area contributed by atoms with Crippen LogP contribution in [0.1, 0.15) is 13.3 Å². The highest BCUT2D eigenvalue weighted by Gasteiger charge is 2.80. The lowest BCUT2D eigenvalue weighted by molar-refractivity contribution is -0.473. The van der Waals surface area contributed by atoms with E-state index in [2.05, 4.69) is 70.2 Å². The number of likely N-dealkylation sites (N-methyl/N-ethyl adjacent to an activating group) is 1. The van der Waals surface area contributed by atoms with Crippen LogP contribution in [-0.4, -0.2) is 105 Å². The highest BCUT2D eigenvalue weighted by Crippen LogP contribution is 2.51. The Balaban J connectivity index is 5.98. The Morgan fingerprint density at radius 1 is 0.660 bits per heavy atom. The molecular formula is C27H56F11NO2Si6. The van der Waals surface area contributed by atoms with Crippen molar-refractivity contribution in [1.82, 2.24) is 4.90 Å². The molecule has 0 saturated carbocycles. The number of amides is 1. The average Bonchev–Trinajstić information content (AvgIpc) is 2.81. The minimum absolute atomic E-state index is 0.0792. The lowest BCUT2D eigenvalue weighted by Gasteiger charge is -2.40. The quantitative estimate of drug-likeness (QED) is 0.0907. The van der Waals surface area contributed by atoms with Gasteiger partial charge in [-0.25, -0.2) is 0 Å². The molecule has 0 aliphatic rings. The van der Waals surface area contributed by atoms with E-state index < -0.39 is 99.8 Å². The third kappa shape index (κ3) is 13.9. The van der Waals surface area contributed by atoms with E-state index in [4.69, 9.17) is 0 Å². The fraction of sp³-hybridized carbons (Fsp3) is 0.963. The van der Waals surface area contributed by atoms with E-state index in [1.807, 2.05) is 0 Å². The van der Waals surface area contributed by atoms with E-state index in [9.17, 15) is 53.1 Å². The van der Waals surface area contributed by atoms with Crippen molar-refractivity contribution >= 4 is 56.5 Å². The first kappa shape index (κ1) is 47.0. The lowest BCUT2D eigenvalue weighted by Crippen LogP contribution is -2.64. The van der Waals surface area contributed by atoms with Gasteiger partial charge in [-0.3, -0.25) is 9.53 Å². The second-order valence-corrected chi connectivity index (χ2v) is 43.8. The monoisotopic (exact) mass is 803 g/mol. The van der Waals surface area contributed by atoms with Crippen LogP contribution in [0.2, 0.25) is 106 Å². The molecule has 0 fully saturated rings. The summed E-state index contributed by atoms with van der Waals surface area (Å²) in [5.41, 5.74) is 5.13. The second-order valence-electron chi connectivity index (χ2n) is 16.0. The lowest BCUT2D eigenvalue weighted by atomic mass is 10.2. The van der Waals surface area contributed by atoms with E-state index in [-0.39, 0.29) is 11.3 Å². The normalized spacial score (nSPS) is 17.0. The zero-order valence-electron chi connectivity index (χ0n) is 29.7. The molecule has 0 N–H and O–H groups in total. The number of ether oxygens (including phenoxy) is 1. The van der Waals surface area contributed by atoms with Crippen molar-refractivity contribution in [1.29, 1.82) is 0 Å². The molecule has 2 unspecified atom stereocenters. The molecule has 1 amide bonds. The van der Waals surface area contributed by atoms with Crippen LogP contribution < -0.4 is 0 Å². The topological polar surface area (TPSA) is 29.5 Å². The van der Waals surface area contributed by atoms with Gasteiger partial charge in [0.25, 0.3) is 5.91 Å². The maximum absolute atomic E-state index is 15.0. The summed E-state index contributed by atoms with van der Waals surface area (Å²) in [7, 11) is -7.66. The predicted octanol–water partition coefficient (Wildman–Crippen LogP) is 9.74. The van der Waals surface area contributed by atoms with Crippen LogP contribution in [-0.2, 0) is 9.53 Å². The summed E-state index contributed by atoms with van der Waals surface area (Å²) in [5.74, 6) is -16.2. The molecule has 20 heteroatoms. The molecule has 0 heterocycles. The summed E-state index contributed by atoms with van der Waals surface area (Å²) in [6.07, 6.45) is -20.7. The maximum atomic E-state index is 15.0. The fourth-order valence-corrected chi connectivity index (χ4v) is 54.1. The number of carbonyl (C=O) groups is 1. The van der Waals surface area contributed by atoms with Gasteiger partial charge in [0.15, 0.2) is 0 Å². The largest absolute Gasteiger partial charge is 0.462 e. The van der Waals surface area contributed by atoms with Crippen molar-refractivity contribution in [3.63, 3.8) is 0 Å². The van der Waals surface area contributed by atoms with Gasteiger partial charge < -0.3 is 4.90 Å². The van der Waals surface area contributed by atoms with E-state index >= 15 is 0 Å². The first-order valence-electron chi connectivity index (χ1n) is 16.3. The number of alkyl halides is 11. The van der Waals surface area contributed by atoms with Crippen molar-refractivity contribution in [2.45, 2.75) is 150 Å². The molecule has 0 rings (SSSR count). The zero-order valence-corrected chi connectivity index (χ0v) is 36.2. The number of halogens is 11. The molecule has 0 spiro atoms. The molecule has 0 aromatic heterocycles. The van der Waals surface area contributed by atoms with E-state index in [0.717, 1.165) is 12.6 Å². The molecule has 2 atom stereocenters. The van der Waals surface area contributed by atoms with Gasteiger partial charge in [0.2, 0.25) is 0 Å². The smallest absolute Gasteiger partial charge is 0.338 e. The summed E-state index contributed by atoms with van der Waals surface area (Å²) >= 11 is 0. The molecule has 0 aliphatic carbocycles. The van der Waals surface area contributed by atoms with Crippen molar-refractivity contribution in [3.05, 3.63) is 0 Å². The minimum atomic E-state index is -7.21. The first-order chi connectivity index (χ1) is 20.7. The van der Waals surface area contributed by atoms with Crippen molar-refractivity contribution in [2.24, 2.45) is 0 Å². The highest BCUT2D eigenvalue weighted by atomic mass is 28.4. The van der Waals surface area contributed by atoms with Crippen LogP contribution in [0.25, 0.3) is 0 Å². The molecule has 3 nitrogen and oxygen atoms in total. The van der Waals surface area contributed by atoms with Gasteiger partial charge in [0, 0.05) is 63.7 Å². The van der Waals surface area contributed by atoms with Crippen LogP contribution in [0.5, 0.6) is 0 Å². The molecular weight excluding hydrogens is 748 g/mol. The summed E-state index contributed by atoms with van der Waals surface area (Å²) in [5, 5.41) is 0. The Hall–Kier alpha value is -0.0387. The van der Waals surface area contributed by atoms with Gasteiger partial charge in [0.05, 0.1) is 0 Å². The van der Waals surface area contributed by atoms with Crippen molar-refractivity contribution in [3.8, 4) is 0 Å². The fourth-order valence-electron chi connectivity index (χ4n) is 7.34. The summed E-state index contributed by atoms with van der Waals surface area (Å²) in [6.45, 7) is 23.5. The summed E-state index contributed by atoms with van der Waals surface area (Å²) in [4.78, 5) is 12.8. The van der Waals surface area contributed by atoms with E-state index in [1.54, 1.807) is 0 Å². The highest BCUT2D eigenvalue weighted by molar-refractivity contribution is 7.01. The van der Waals surface area contributed by atoms with Crippen LogP contribution in [0.15, 0.2) is 0 Å². The van der Waals surface area contributed by atoms with E-state index in [1.165, 1.54) is 29.1 Å². The molecule has 0 saturated heterocycles. The van der Waals surface area contributed by atoms with Gasteiger partial charge in [0.1, 0.15) is 0 Å². The van der Waals surface area contributed by atoms with Crippen LogP contribution in [0.4, 0.5) is 48.3 Å². The van der Waals surface area contributed by atoms with Gasteiger partial charge in [-0.2, -0.15) is 48.3 Å². The number of carbonyl (C=O) groups excluding carboxylic acids is 1. The number of nitrogens with zero attached hydrogens (tertiary/aromatic N) is 1. The minimum Gasteiger partial charge on any atom is -0.338 e. The van der Waals surface area contributed by atoms with Crippen molar-refractivity contribution in [2.75, 3.05) is 13.1 Å². The van der Waals surface area contributed by atoms with Crippen LogP contribution in [0.3, 0.4) is 0 Å². The van der Waals surface area contributed by atoms with Crippen LogP contribution >= 0.6 is 0 Å². The molecule has 0 aromatic rings. The van der Waals surface area contributed by atoms with Gasteiger partial charge in [-0.15, -0.1) is 0 Å². The van der Waals surface area contributed by atoms with Gasteiger partial charge in [-0.1, -0.05) is 106 Å². The summed E-state index contributed by atoms with van der Waals surface area (Å²) in [6, 6.07) is 3.03. The Kier molecular flexibility index (Phi) is 17.0. The second kappa shape index (κ2) is 17.0. The zero-order chi connectivity index (χ0) is 37.7. The van der Waals surface area contributed by atoms with Crippen LogP contribution in [0, 0.1) is 0 Å². The number of rotatable bonds is 20.